The van der Waals surface area contributed by atoms with Crippen molar-refractivity contribution in [2.45, 2.75) is 6.92 Å². The fraction of sp³-hybridized carbons (Fsp3) is 0.0769. The van der Waals surface area contributed by atoms with Crippen molar-refractivity contribution in [3.05, 3.63) is 60.9 Å². The summed E-state index contributed by atoms with van der Waals surface area (Å²) in [6, 6.07) is 16.7. The molecule has 0 spiro atoms. The van der Waals surface area contributed by atoms with Crippen LogP contribution < -0.4 is 5.11 Å². The van der Waals surface area contributed by atoms with Crippen LogP contribution in [0.25, 0.3) is 10.8 Å². The number of rotatable bonds is 0. The zero-order valence-electron chi connectivity index (χ0n) is 8.23. The first-order valence-corrected chi connectivity index (χ1v) is 4.46. The Hall–Kier alpha value is -1.76. The van der Waals surface area contributed by atoms with Crippen molar-refractivity contribution in [2.75, 3.05) is 0 Å². The van der Waals surface area contributed by atoms with Gasteiger partial charge >= 0.3 is 0 Å². The van der Waals surface area contributed by atoms with Crippen LogP contribution in [0.3, 0.4) is 0 Å². The maximum absolute atomic E-state index is 9.33. The predicted octanol–water partition coefficient (Wildman–Crippen LogP) is 2.72. The van der Waals surface area contributed by atoms with Crippen molar-refractivity contribution < 1.29 is 5.11 Å². The molecule has 14 heavy (non-hydrogen) atoms. The van der Waals surface area contributed by atoms with Gasteiger partial charge in [0.15, 0.2) is 0 Å². The zero-order valence-corrected chi connectivity index (χ0v) is 8.23. The van der Waals surface area contributed by atoms with Gasteiger partial charge in [0.2, 0.25) is 0 Å². The molecule has 0 saturated carbocycles. The minimum Gasteiger partial charge on any atom is -0.876 e. The highest BCUT2D eigenvalue weighted by Crippen LogP contribution is 2.11. The van der Waals surface area contributed by atoms with Crippen molar-refractivity contribution in [1.29, 1.82) is 0 Å². The van der Waals surface area contributed by atoms with Gasteiger partial charge < -0.3 is 5.11 Å². The zero-order chi connectivity index (χ0) is 10.4. The minimum absolute atomic E-state index is 0.0833. The predicted molar refractivity (Wildman–Crippen MR) is 58.8 cm³/mol. The summed E-state index contributed by atoms with van der Waals surface area (Å²) >= 11 is 0. The van der Waals surface area contributed by atoms with Gasteiger partial charge in [0, 0.05) is 0 Å². The number of hydrogen-bond acceptors (Lipinski definition) is 1. The smallest absolute Gasteiger partial charge is 0.0184 e. The summed E-state index contributed by atoms with van der Waals surface area (Å²) < 4.78 is 0. The second kappa shape index (κ2) is 5.07. The van der Waals surface area contributed by atoms with Crippen LogP contribution in [0.1, 0.15) is 6.92 Å². The van der Waals surface area contributed by atoms with Gasteiger partial charge in [0.1, 0.15) is 0 Å². The van der Waals surface area contributed by atoms with Crippen molar-refractivity contribution in [3.8, 4) is 0 Å². The molecule has 2 aromatic rings. The van der Waals surface area contributed by atoms with E-state index in [0.29, 0.717) is 0 Å². The second-order valence-electron chi connectivity index (χ2n) is 3.05. The van der Waals surface area contributed by atoms with Crippen LogP contribution in [-0.2, 0) is 0 Å². The Morgan fingerprint density at radius 2 is 1.14 bits per heavy atom. The first kappa shape index (κ1) is 10.3. The van der Waals surface area contributed by atoms with Crippen LogP contribution in [0.4, 0.5) is 0 Å². The molecule has 2 rings (SSSR count). The van der Waals surface area contributed by atoms with E-state index < -0.39 is 0 Å². The molecule has 0 amide bonds. The summed E-state index contributed by atoms with van der Waals surface area (Å²) in [6.45, 7) is 4.42. The Morgan fingerprint density at radius 1 is 0.929 bits per heavy atom. The van der Waals surface area contributed by atoms with E-state index in [1.807, 2.05) is 0 Å². The Kier molecular flexibility index (Phi) is 3.74. The van der Waals surface area contributed by atoms with Crippen LogP contribution in [0, 0.1) is 0 Å². The molecule has 0 aromatic heterocycles. The van der Waals surface area contributed by atoms with Gasteiger partial charge in [-0.05, 0) is 10.8 Å². The third kappa shape index (κ3) is 3.31. The fourth-order valence-electron chi connectivity index (χ4n) is 1.13. The molecule has 2 aromatic carbocycles. The number of fused-ring (bicyclic) bond motifs is 1. The average Bonchev–Trinajstić information content (AvgIpc) is 2.17. The average molecular weight is 185 g/mol. The molecular formula is C13H13O-. The van der Waals surface area contributed by atoms with Crippen LogP contribution in [0.2, 0.25) is 0 Å². The Morgan fingerprint density at radius 3 is 1.36 bits per heavy atom. The van der Waals surface area contributed by atoms with E-state index in [2.05, 4.69) is 55.1 Å². The molecule has 1 nitrogen and oxygen atoms in total. The van der Waals surface area contributed by atoms with Crippen molar-refractivity contribution in [1.82, 2.24) is 0 Å². The van der Waals surface area contributed by atoms with Crippen molar-refractivity contribution >= 4 is 10.8 Å². The monoisotopic (exact) mass is 185 g/mol. The van der Waals surface area contributed by atoms with Crippen molar-refractivity contribution in [2.24, 2.45) is 0 Å². The molecule has 0 bridgehead atoms. The summed E-state index contributed by atoms with van der Waals surface area (Å²) in [7, 11) is 0. The fourth-order valence-corrected chi connectivity index (χ4v) is 1.13. The van der Waals surface area contributed by atoms with Gasteiger partial charge in [-0.2, -0.15) is 0 Å². The largest absolute Gasteiger partial charge is 0.876 e. The molecule has 0 fully saturated rings. The van der Waals surface area contributed by atoms with Gasteiger partial charge in [0.05, 0.1) is 0 Å². The summed E-state index contributed by atoms with van der Waals surface area (Å²) in [5.41, 5.74) is 0. The highest BCUT2D eigenvalue weighted by Gasteiger charge is 1.85. The minimum atomic E-state index is -0.0833. The molecule has 0 aliphatic carbocycles. The van der Waals surface area contributed by atoms with E-state index >= 15 is 0 Å². The quantitative estimate of drug-likeness (QED) is 0.579. The normalized spacial score (nSPS) is 8.93. The molecule has 72 valence electrons. The molecule has 0 aliphatic rings. The molecule has 0 heterocycles. The van der Waals surface area contributed by atoms with E-state index in [-0.39, 0.29) is 5.76 Å². The Labute approximate surface area is 84.3 Å². The van der Waals surface area contributed by atoms with E-state index in [1.54, 1.807) is 0 Å². The summed E-state index contributed by atoms with van der Waals surface area (Å²) in [4.78, 5) is 0. The van der Waals surface area contributed by atoms with Crippen LogP contribution in [0.5, 0.6) is 0 Å². The Bertz CT molecular complexity index is 349. The first-order valence-electron chi connectivity index (χ1n) is 4.46. The lowest BCUT2D eigenvalue weighted by Crippen LogP contribution is -1.92. The van der Waals surface area contributed by atoms with Gasteiger partial charge in [-0.1, -0.05) is 55.5 Å². The van der Waals surface area contributed by atoms with E-state index in [4.69, 9.17) is 0 Å². The summed E-state index contributed by atoms with van der Waals surface area (Å²) in [6.07, 6.45) is 0. The van der Waals surface area contributed by atoms with Crippen LogP contribution in [0.15, 0.2) is 60.9 Å². The van der Waals surface area contributed by atoms with Gasteiger partial charge in [-0.3, -0.25) is 0 Å². The SMILES string of the molecule is C=C(C)[O-].c1ccc2ccccc2c1. The van der Waals surface area contributed by atoms with Crippen LogP contribution >= 0.6 is 0 Å². The topological polar surface area (TPSA) is 23.1 Å². The van der Waals surface area contributed by atoms with Crippen molar-refractivity contribution in [3.63, 3.8) is 0 Å². The molecule has 0 atom stereocenters. The number of allylic oxidation sites excluding steroid dienone is 1. The standard InChI is InChI=1S/C10H8.C3H6O/c1-2-6-10-8-4-3-7-9(10)5-1;1-3(2)4/h1-8H;4H,1H2,2H3/p-1. The lowest BCUT2D eigenvalue weighted by molar-refractivity contribution is -0.300. The lowest BCUT2D eigenvalue weighted by Gasteiger charge is -1.92. The number of benzene rings is 2. The third-order valence-corrected chi connectivity index (χ3v) is 1.66. The lowest BCUT2D eigenvalue weighted by atomic mass is 10.1. The van der Waals surface area contributed by atoms with Gasteiger partial charge in [-0.25, -0.2) is 0 Å². The maximum atomic E-state index is 9.33. The summed E-state index contributed by atoms with van der Waals surface area (Å²) in [5.74, 6) is -0.0833. The summed E-state index contributed by atoms with van der Waals surface area (Å²) in [5, 5.41) is 12.0. The molecule has 1 heteroatoms. The molecule has 0 saturated heterocycles. The Balaban J connectivity index is 0.000000213. The molecule has 0 aliphatic heterocycles. The van der Waals surface area contributed by atoms with E-state index in [0.717, 1.165) is 0 Å². The highest BCUT2D eigenvalue weighted by molar-refractivity contribution is 5.81. The highest BCUT2D eigenvalue weighted by atomic mass is 16.3. The molecule has 0 N–H and O–H groups in total. The van der Waals surface area contributed by atoms with Crippen LogP contribution in [-0.4, -0.2) is 0 Å². The third-order valence-electron chi connectivity index (χ3n) is 1.66. The molecule has 0 radical (unpaired) electrons. The van der Waals surface area contributed by atoms with Gasteiger partial charge in [0.25, 0.3) is 0 Å². The number of hydrogen-bond donors (Lipinski definition) is 0. The first-order chi connectivity index (χ1) is 6.70. The molecule has 0 unspecified atom stereocenters. The second-order valence-corrected chi connectivity index (χ2v) is 3.05. The van der Waals surface area contributed by atoms with Gasteiger partial charge in [-0.15, -0.1) is 12.3 Å². The molecular weight excluding hydrogens is 172 g/mol. The van der Waals surface area contributed by atoms with E-state index in [9.17, 15) is 5.11 Å². The maximum Gasteiger partial charge on any atom is -0.0184 e. The van der Waals surface area contributed by atoms with E-state index in [1.165, 1.54) is 17.7 Å².